The fourth-order valence-electron chi connectivity index (χ4n) is 5.44. The maximum Gasteiger partial charge on any atom is 0.190 e. The SMILES string of the molecule is [11CH3]Oc1cccc2c1C1c3cccc[n+]3C2CC1(c1cccs1)c1cccs1. The number of thiophene rings is 2. The average molecular weight is 402 g/mol. The van der Waals surface area contributed by atoms with Gasteiger partial charge < -0.3 is 4.74 Å². The van der Waals surface area contributed by atoms with Crippen LogP contribution in [-0.2, 0) is 5.41 Å². The van der Waals surface area contributed by atoms with Gasteiger partial charge >= 0.3 is 0 Å². The summed E-state index contributed by atoms with van der Waals surface area (Å²) >= 11 is 3.77. The van der Waals surface area contributed by atoms with Gasteiger partial charge in [0, 0.05) is 39.4 Å². The molecule has 0 N–H and O–H groups in total. The molecule has 0 saturated carbocycles. The van der Waals surface area contributed by atoms with Crippen LogP contribution in [0.25, 0.3) is 0 Å². The van der Waals surface area contributed by atoms with E-state index < -0.39 is 0 Å². The van der Waals surface area contributed by atoms with E-state index in [1.54, 1.807) is 7.11 Å². The molecule has 1 aliphatic carbocycles. The predicted molar refractivity (Wildman–Crippen MR) is 114 cm³/mol. The monoisotopic (exact) mass is 401 g/mol. The molecule has 4 heteroatoms. The van der Waals surface area contributed by atoms with Crippen molar-refractivity contribution in [1.82, 2.24) is 0 Å². The summed E-state index contributed by atoms with van der Waals surface area (Å²) in [5, 5.41) is 4.43. The fraction of sp³-hybridized carbons (Fsp3) is 0.208. The lowest BCUT2D eigenvalue weighted by Crippen LogP contribution is -2.59. The molecule has 0 fully saturated rings. The largest absolute Gasteiger partial charge is 0.496 e. The Labute approximate surface area is 172 Å². The number of rotatable bonds is 3. The minimum absolute atomic E-state index is 0.0456. The van der Waals surface area contributed by atoms with Gasteiger partial charge in [0.1, 0.15) is 5.75 Å². The third-order valence-corrected chi connectivity index (χ3v) is 8.55. The van der Waals surface area contributed by atoms with Crippen molar-refractivity contribution in [2.45, 2.75) is 23.8 Å². The van der Waals surface area contributed by atoms with Crippen molar-refractivity contribution in [2.24, 2.45) is 0 Å². The molecule has 2 nitrogen and oxygen atoms in total. The molecule has 0 radical (unpaired) electrons. The first-order valence-electron chi connectivity index (χ1n) is 9.59. The number of hydrogen-bond acceptors (Lipinski definition) is 3. The average Bonchev–Trinajstić information content (AvgIpc) is 3.48. The summed E-state index contributed by atoms with van der Waals surface area (Å²) in [4.78, 5) is 2.91. The molecule has 0 spiro atoms. The number of pyridine rings is 1. The van der Waals surface area contributed by atoms with Gasteiger partial charge in [-0.15, -0.1) is 22.7 Å². The molecular formula is C24H20NOS2+. The zero-order chi connectivity index (χ0) is 18.7. The van der Waals surface area contributed by atoms with Crippen LogP contribution < -0.4 is 9.30 Å². The first-order valence-corrected chi connectivity index (χ1v) is 11.4. The Balaban J connectivity index is 1.74. The zero-order valence-electron chi connectivity index (χ0n) is 15.5. The molecule has 2 bridgehead atoms. The number of methoxy groups -OCH3 is 1. The minimum Gasteiger partial charge on any atom is -0.496 e. The summed E-state index contributed by atoms with van der Waals surface area (Å²) in [6, 6.07) is 22.6. The van der Waals surface area contributed by atoms with E-state index in [9.17, 15) is 0 Å². The number of fused-ring (bicyclic) bond motifs is 1. The molecule has 3 aliphatic rings. The van der Waals surface area contributed by atoms with Crippen LogP contribution in [0.1, 0.15) is 45.0 Å². The second-order valence-electron chi connectivity index (χ2n) is 7.57. The van der Waals surface area contributed by atoms with Crippen molar-refractivity contribution in [3.05, 3.63) is 104 Å². The van der Waals surface area contributed by atoms with E-state index in [4.69, 9.17) is 4.74 Å². The lowest BCUT2D eigenvalue weighted by molar-refractivity contribution is -0.732. The minimum atomic E-state index is -0.0456. The summed E-state index contributed by atoms with van der Waals surface area (Å²) in [7, 11) is 1.80. The predicted octanol–water partition coefficient (Wildman–Crippen LogP) is 5.53. The van der Waals surface area contributed by atoms with Gasteiger partial charge in [-0.25, -0.2) is 0 Å². The molecule has 3 aromatic heterocycles. The standard InChI is InChI=1S/C24H20NOS2/c1-26-19-9-4-7-16-18-15-24(20-10-5-13-27-20,21-11-6-14-28-21)23(22(16)19)17-8-2-3-12-25(17)18/h2-14,18,23H,15H2,1H3/q+1/i1-1. The Bertz CT molecular complexity index is 1110. The van der Waals surface area contributed by atoms with Crippen molar-refractivity contribution < 1.29 is 9.30 Å². The molecule has 0 saturated heterocycles. The maximum absolute atomic E-state index is 5.91. The lowest BCUT2D eigenvalue weighted by atomic mass is 9.57. The topological polar surface area (TPSA) is 13.1 Å². The molecule has 1 aromatic carbocycles. The normalized spacial score (nSPS) is 21.2. The van der Waals surface area contributed by atoms with E-state index in [0.717, 1.165) is 12.2 Å². The van der Waals surface area contributed by atoms with Gasteiger partial charge in [0.05, 0.1) is 18.4 Å². The Hall–Kier alpha value is -2.43. The summed E-state index contributed by atoms with van der Waals surface area (Å²) < 4.78 is 8.40. The molecule has 28 heavy (non-hydrogen) atoms. The molecular weight excluding hydrogens is 381 g/mol. The highest BCUT2D eigenvalue weighted by molar-refractivity contribution is 7.11. The van der Waals surface area contributed by atoms with Gasteiger partial charge in [-0.05, 0) is 29.0 Å². The van der Waals surface area contributed by atoms with Gasteiger partial charge in [0.25, 0.3) is 0 Å². The van der Waals surface area contributed by atoms with Crippen LogP contribution in [0.4, 0.5) is 0 Å². The van der Waals surface area contributed by atoms with E-state index in [2.05, 4.69) is 82.2 Å². The van der Waals surface area contributed by atoms with Crippen LogP contribution in [0.3, 0.4) is 0 Å². The second-order valence-corrected chi connectivity index (χ2v) is 9.47. The van der Waals surface area contributed by atoms with Crippen LogP contribution in [0, 0.1) is 0 Å². The highest BCUT2D eigenvalue weighted by atomic mass is 32.1. The maximum atomic E-state index is 5.91. The Morgan fingerprint density at radius 2 is 1.71 bits per heavy atom. The van der Waals surface area contributed by atoms with Gasteiger partial charge in [-0.3, -0.25) is 0 Å². The van der Waals surface area contributed by atoms with Crippen molar-refractivity contribution in [1.29, 1.82) is 0 Å². The van der Waals surface area contributed by atoms with Crippen LogP contribution >= 0.6 is 22.7 Å². The third kappa shape index (κ3) is 2.00. The number of ether oxygens (including phenoxy) is 1. The van der Waals surface area contributed by atoms with Crippen LogP contribution in [0.5, 0.6) is 5.75 Å². The number of nitrogens with zero attached hydrogens (tertiary/aromatic N) is 1. The van der Waals surface area contributed by atoms with Gasteiger partial charge in [0.2, 0.25) is 0 Å². The van der Waals surface area contributed by atoms with Gasteiger partial charge in [0.15, 0.2) is 17.9 Å². The second kappa shape index (κ2) is 6.03. The van der Waals surface area contributed by atoms with Gasteiger partial charge in [-0.1, -0.05) is 30.3 Å². The first-order chi connectivity index (χ1) is 13.8. The van der Waals surface area contributed by atoms with E-state index in [1.165, 1.54) is 26.6 Å². The van der Waals surface area contributed by atoms with Crippen molar-refractivity contribution in [3.8, 4) is 5.75 Å². The summed E-state index contributed by atoms with van der Waals surface area (Å²) in [6.07, 6.45) is 3.34. The quantitative estimate of drug-likeness (QED) is 0.411. The van der Waals surface area contributed by atoms with E-state index >= 15 is 0 Å². The number of aromatic nitrogens is 1. The molecule has 5 heterocycles. The molecule has 0 amide bonds. The van der Waals surface area contributed by atoms with Crippen LogP contribution in [0.2, 0.25) is 0 Å². The van der Waals surface area contributed by atoms with Crippen molar-refractivity contribution >= 4 is 22.7 Å². The van der Waals surface area contributed by atoms with Crippen LogP contribution in [0.15, 0.2) is 77.6 Å². The lowest BCUT2D eigenvalue weighted by Gasteiger charge is -2.48. The molecule has 2 atom stereocenters. The highest BCUT2D eigenvalue weighted by Gasteiger charge is 2.61. The summed E-state index contributed by atoms with van der Waals surface area (Å²) in [5.74, 6) is 1.25. The van der Waals surface area contributed by atoms with Gasteiger partial charge in [-0.2, -0.15) is 4.57 Å². The third-order valence-electron chi connectivity index (χ3n) is 6.45. The van der Waals surface area contributed by atoms with Crippen molar-refractivity contribution in [3.63, 3.8) is 0 Å². The molecule has 138 valence electrons. The summed E-state index contributed by atoms with van der Waals surface area (Å²) in [5.41, 5.74) is 4.12. The highest BCUT2D eigenvalue weighted by Crippen LogP contribution is 2.62. The van der Waals surface area contributed by atoms with Crippen molar-refractivity contribution in [2.75, 3.05) is 7.11 Å². The first kappa shape index (κ1) is 16.5. The Morgan fingerprint density at radius 1 is 0.929 bits per heavy atom. The number of hydrogen-bond donors (Lipinski definition) is 0. The number of benzene rings is 1. The molecule has 2 unspecified atom stereocenters. The zero-order valence-corrected chi connectivity index (χ0v) is 17.2. The molecule has 2 aliphatic heterocycles. The van der Waals surface area contributed by atoms with E-state index in [0.29, 0.717) is 6.04 Å². The Morgan fingerprint density at radius 3 is 2.39 bits per heavy atom. The molecule has 4 aromatic rings. The smallest absolute Gasteiger partial charge is 0.190 e. The Kier molecular flexibility index (Phi) is 3.56. The fourth-order valence-corrected chi connectivity index (χ4v) is 7.47. The molecule has 7 rings (SSSR count). The van der Waals surface area contributed by atoms with E-state index in [-0.39, 0.29) is 11.3 Å². The van der Waals surface area contributed by atoms with Crippen LogP contribution in [-0.4, -0.2) is 7.11 Å². The van der Waals surface area contributed by atoms with E-state index in [1.807, 2.05) is 22.7 Å². The summed E-state index contributed by atoms with van der Waals surface area (Å²) in [6.45, 7) is 0.